The molecule has 0 fully saturated rings. The second kappa shape index (κ2) is 10.8. The van der Waals surface area contributed by atoms with Crippen LogP contribution in [0.3, 0.4) is 0 Å². The molecule has 1 N–H and O–H groups in total. The molecular weight excluding hydrogens is 450 g/mol. The molecule has 0 saturated heterocycles. The van der Waals surface area contributed by atoms with E-state index in [-0.39, 0.29) is 29.0 Å². The summed E-state index contributed by atoms with van der Waals surface area (Å²) < 4.78 is 5.68. The summed E-state index contributed by atoms with van der Waals surface area (Å²) in [6, 6.07) is 9.94. The van der Waals surface area contributed by atoms with Crippen LogP contribution in [0.2, 0.25) is 5.02 Å². The number of carbonyl (C=O) groups is 1. The molecule has 0 saturated carbocycles. The van der Waals surface area contributed by atoms with Gasteiger partial charge in [-0.1, -0.05) is 66.0 Å². The van der Waals surface area contributed by atoms with E-state index in [1.54, 1.807) is 30.3 Å². The van der Waals surface area contributed by atoms with Gasteiger partial charge in [-0.2, -0.15) is 0 Å². The molecule has 0 aliphatic rings. The third-order valence-electron chi connectivity index (χ3n) is 6.77. The lowest BCUT2D eigenvalue weighted by atomic mass is 9.71. The Morgan fingerprint density at radius 2 is 1.82 bits per heavy atom. The van der Waals surface area contributed by atoms with Gasteiger partial charge in [0.05, 0.1) is 5.92 Å². The zero-order chi connectivity index (χ0) is 25.0. The molecule has 2 aromatic carbocycles. The number of benzene rings is 2. The van der Waals surface area contributed by atoms with Crippen molar-refractivity contribution in [2.75, 3.05) is 0 Å². The number of aromatic nitrogens is 3. The van der Waals surface area contributed by atoms with E-state index in [9.17, 15) is 9.90 Å². The number of phenolic OH excluding ortho intramolecular Hbond substituents is 1. The summed E-state index contributed by atoms with van der Waals surface area (Å²) in [5.74, 6) is 0.508. The number of phenols is 1. The average Bonchev–Trinajstić information content (AvgIpc) is 3.18. The molecule has 0 amide bonds. The van der Waals surface area contributed by atoms with Crippen LogP contribution in [-0.4, -0.2) is 26.1 Å². The van der Waals surface area contributed by atoms with E-state index in [0.717, 1.165) is 25.7 Å². The van der Waals surface area contributed by atoms with Crippen molar-refractivity contribution in [2.24, 2.45) is 23.2 Å². The van der Waals surface area contributed by atoms with Crippen LogP contribution >= 0.6 is 11.6 Å². The van der Waals surface area contributed by atoms with Crippen LogP contribution in [0.25, 0.3) is 16.7 Å². The van der Waals surface area contributed by atoms with Gasteiger partial charge in [0.15, 0.2) is 0 Å². The number of carbonyl (C=O) groups excluding carboxylic acids is 1. The minimum atomic E-state index is -0.271. The molecule has 0 aliphatic heterocycles. The number of hydrogen-bond donors (Lipinski definition) is 1. The standard InChI is InChI=1S/C27H36ClN3O3/c1-7-9-18(14-19(8-2)27(4,5)6)17(3)26(33)34-21-11-13-24(25(32)16-21)31-29-22-12-10-20(28)15-23(22)30-31/h10-13,15-19,32H,7-9,14H2,1-6H3. The molecule has 1 aromatic heterocycles. The van der Waals surface area contributed by atoms with E-state index < -0.39 is 0 Å². The molecule has 3 atom stereocenters. The summed E-state index contributed by atoms with van der Waals surface area (Å²) in [4.78, 5) is 14.4. The van der Waals surface area contributed by atoms with Crippen LogP contribution in [0.4, 0.5) is 0 Å². The Balaban J connectivity index is 1.74. The maximum atomic E-state index is 13.0. The number of esters is 1. The summed E-state index contributed by atoms with van der Waals surface area (Å²) >= 11 is 6.03. The number of ether oxygens (including phenoxy) is 1. The maximum Gasteiger partial charge on any atom is 0.314 e. The van der Waals surface area contributed by atoms with Crippen molar-refractivity contribution in [2.45, 2.75) is 67.2 Å². The summed E-state index contributed by atoms with van der Waals surface area (Å²) in [5, 5.41) is 19.9. The molecule has 0 spiro atoms. The summed E-state index contributed by atoms with van der Waals surface area (Å²) in [5.41, 5.74) is 1.87. The summed E-state index contributed by atoms with van der Waals surface area (Å²) in [6.45, 7) is 13.1. The third-order valence-corrected chi connectivity index (χ3v) is 7.00. The van der Waals surface area contributed by atoms with Crippen LogP contribution in [0.1, 0.15) is 67.2 Å². The van der Waals surface area contributed by atoms with Crippen LogP contribution in [0, 0.1) is 23.2 Å². The molecule has 7 heteroatoms. The van der Waals surface area contributed by atoms with Gasteiger partial charge in [-0.25, -0.2) is 0 Å². The smallest absolute Gasteiger partial charge is 0.314 e. The molecule has 184 valence electrons. The van der Waals surface area contributed by atoms with Gasteiger partial charge in [0, 0.05) is 11.1 Å². The highest BCUT2D eigenvalue weighted by atomic mass is 35.5. The van der Waals surface area contributed by atoms with Gasteiger partial charge in [-0.05, 0) is 60.4 Å². The zero-order valence-corrected chi connectivity index (χ0v) is 21.8. The molecule has 0 bridgehead atoms. The Kier molecular flexibility index (Phi) is 8.24. The van der Waals surface area contributed by atoms with Crippen molar-refractivity contribution < 1.29 is 14.6 Å². The van der Waals surface area contributed by atoms with Gasteiger partial charge in [-0.15, -0.1) is 15.0 Å². The SMILES string of the molecule is CCCC(CC(CC)C(C)(C)C)C(C)C(=O)Oc1ccc(-n2nc3ccc(Cl)cc3n2)c(O)c1. The Hall–Kier alpha value is -2.60. The second-order valence-corrected chi connectivity index (χ2v) is 10.7. The first kappa shape index (κ1) is 26.0. The molecule has 3 unspecified atom stereocenters. The predicted molar refractivity (Wildman–Crippen MR) is 137 cm³/mol. The van der Waals surface area contributed by atoms with Gasteiger partial charge >= 0.3 is 5.97 Å². The van der Waals surface area contributed by atoms with E-state index in [1.807, 2.05) is 6.92 Å². The number of halogens is 1. The first-order valence-electron chi connectivity index (χ1n) is 12.1. The van der Waals surface area contributed by atoms with Crippen molar-refractivity contribution in [3.05, 3.63) is 41.4 Å². The van der Waals surface area contributed by atoms with Gasteiger partial charge in [0.1, 0.15) is 28.2 Å². The van der Waals surface area contributed by atoms with Crippen LogP contribution in [0.15, 0.2) is 36.4 Å². The van der Waals surface area contributed by atoms with Crippen molar-refractivity contribution in [3.8, 4) is 17.2 Å². The normalized spacial score (nSPS) is 14.7. The van der Waals surface area contributed by atoms with Crippen LogP contribution in [0.5, 0.6) is 11.5 Å². The predicted octanol–water partition coefficient (Wildman–Crippen LogP) is 7.20. The highest BCUT2D eigenvalue weighted by Gasteiger charge is 2.31. The van der Waals surface area contributed by atoms with Crippen LogP contribution in [-0.2, 0) is 4.79 Å². The molecule has 0 aliphatic carbocycles. The van der Waals surface area contributed by atoms with Gasteiger partial charge in [0.25, 0.3) is 0 Å². The van der Waals surface area contributed by atoms with Gasteiger partial charge in [0.2, 0.25) is 0 Å². The fraction of sp³-hybridized carbons (Fsp3) is 0.519. The molecule has 0 radical (unpaired) electrons. The van der Waals surface area contributed by atoms with E-state index in [4.69, 9.17) is 16.3 Å². The highest BCUT2D eigenvalue weighted by Crippen LogP contribution is 2.38. The average molecular weight is 486 g/mol. The quantitative estimate of drug-likeness (QED) is 0.256. The number of fused-ring (bicyclic) bond motifs is 1. The minimum Gasteiger partial charge on any atom is -0.505 e. The molecule has 1 heterocycles. The monoisotopic (exact) mass is 485 g/mol. The fourth-order valence-electron chi connectivity index (χ4n) is 4.57. The molecule has 3 aromatic rings. The highest BCUT2D eigenvalue weighted by molar-refractivity contribution is 6.31. The molecular formula is C27H36ClN3O3. The van der Waals surface area contributed by atoms with Crippen molar-refractivity contribution in [3.63, 3.8) is 0 Å². The Morgan fingerprint density at radius 1 is 1.12 bits per heavy atom. The Labute approximate surface area is 207 Å². The number of nitrogens with zero attached hydrogens (tertiary/aromatic N) is 3. The van der Waals surface area contributed by atoms with Gasteiger partial charge in [-0.3, -0.25) is 4.79 Å². The zero-order valence-electron chi connectivity index (χ0n) is 21.0. The minimum absolute atomic E-state index is 0.0757. The lowest BCUT2D eigenvalue weighted by molar-refractivity contribution is -0.140. The first-order valence-corrected chi connectivity index (χ1v) is 12.5. The number of hydrogen-bond acceptors (Lipinski definition) is 5. The number of rotatable bonds is 9. The lowest BCUT2D eigenvalue weighted by Crippen LogP contribution is -2.30. The summed E-state index contributed by atoms with van der Waals surface area (Å²) in [7, 11) is 0. The lowest BCUT2D eigenvalue weighted by Gasteiger charge is -2.34. The largest absolute Gasteiger partial charge is 0.505 e. The fourth-order valence-corrected chi connectivity index (χ4v) is 4.74. The second-order valence-electron chi connectivity index (χ2n) is 10.2. The van der Waals surface area contributed by atoms with E-state index in [1.165, 1.54) is 10.9 Å². The molecule has 34 heavy (non-hydrogen) atoms. The Bertz CT molecular complexity index is 1140. The van der Waals surface area contributed by atoms with Gasteiger partial charge < -0.3 is 9.84 Å². The van der Waals surface area contributed by atoms with E-state index in [0.29, 0.717) is 33.4 Å². The maximum absolute atomic E-state index is 13.0. The van der Waals surface area contributed by atoms with E-state index in [2.05, 4.69) is 44.8 Å². The van der Waals surface area contributed by atoms with Crippen molar-refractivity contribution >= 4 is 28.6 Å². The van der Waals surface area contributed by atoms with Crippen molar-refractivity contribution in [1.29, 1.82) is 0 Å². The first-order chi connectivity index (χ1) is 16.0. The molecule has 3 rings (SSSR count). The third kappa shape index (κ3) is 6.09. The number of aromatic hydroxyl groups is 1. The topological polar surface area (TPSA) is 77.2 Å². The van der Waals surface area contributed by atoms with Crippen molar-refractivity contribution in [1.82, 2.24) is 15.0 Å². The summed E-state index contributed by atoms with van der Waals surface area (Å²) in [6.07, 6.45) is 4.09. The van der Waals surface area contributed by atoms with Crippen LogP contribution < -0.4 is 4.74 Å². The molecule has 6 nitrogen and oxygen atoms in total. The van der Waals surface area contributed by atoms with E-state index >= 15 is 0 Å². The Morgan fingerprint density at radius 3 is 2.44 bits per heavy atom.